The molecule has 8 heteroatoms. The van der Waals surface area contributed by atoms with Crippen LogP contribution in [0, 0.1) is 0 Å². The molecule has 3 aromatic rings. The Labute approximate surface area is 159 Å². The number of hydrogen-bond acceptors (Lipinski definition) is 6. The van der Waals surface area contributed by atoms with Gasteiger partial charge in [-0.25, -0.2) is 9.97 Å². The fourth-order valence-electron chi connectivity index (χ4n) is 2.92. The van der Waals surface area contributed by atoms with Crippen LogP contribution in [0.1, 0.15) is 28.9 Å². The number of aromatic nitrogens is 2. The van der Waals surface area contributed by atoms with Crippen molar-refractivity contribution < 1.29 is 4.79 Å². The van der Waals surface area contributed by atoms with Crippen molar-refractivity contribution in [2.45, 2.75) is 25.3 Å². The summed E-state index contributed by atoms with van der Waals surface area (Å²) in [5, 5.41) is 7.36. The Morgan fingerprint density at radius 3 is 2.62 bits per heavy atom. The molecular formula is C18H18ClN5OS. The summed E-state index contributed by atoms with van der Waals surface area (Å²) in [6, 6.07) is 7.82. The quantitative estimate of drug-likeness (QED) is 0.631. The lowest BCUT2D eigenvalue weighted by Crippen LogP contribution is -2.28. The highest BCUT2D eigenvalue weighted by Gasteiger charge is 2.23. The first-order valence-electron chi connectivity index (χ1n) is 8.41. The Morgan fingerprint density at radius 1 is 1.27 bits per heavy atom. The van der Waals surface area contributed by atoms with Crippen LogP contribution >= 0.6 is 22.9 Å². The Bertz CT molecular complexity index is 981. The number of nitrogen functional groups attached to an aromatic ring is 1. The number of fused-ring (bicyclic) bond motifs is 1. The van der Waals surface area contributed by atoms with Gasteiger partial charge in [-0.15, -0.1) is 11.3 Å². The summed E-state index contributed by atoms with van der Waals surface area (Å²) in [7, 11) is 1.58. The average molecular weight is 388 g/mol. The van der Waals surface area contributed by atoms with Crippen molar-refractivity contribution in [3.05, 3.63) is 34.2 Å². The molecule has 1 aliphatic rings. The molecule has 1 amide bonds. The molecule has 134 valence electrons. The van der Waals surface area contributed by atoms with E-state index in [1.807, 2.05) is 24.3 Å². The zero-order valence-corrected chi connectivity index (χ0v) is 15.7. The fraction of sp³-hybridized carbons (Fsp3) is 0.278. The van der Waals surface area contributed by atoms with E-state index < -0.39 is 0 Å². The summed E-state index contributed by atoms with van der Waals surface area (Å²) in [6.07, 6.45) is 3.46. The largest absolute Gasteiger partial charge is 0.397 e. The Kier molecular flexibility index (Phi) is 4.42. The van der Waals surface area contributed by atoms with Crippen molar-refractivity contribution in [1.82, 2.24) is 15.3 Å². The average Bonchev–Trinajstić information content (AvgIpc) is 2.94. The van der Waals surface area contributed by atoms with Crippen LogP contribution < -0.4 is 16.4 Å². The number of halogens is 1. The van der Waals surface area contributed by atoms with Crippen molar-refractivity contribution in [2.75, 3.05) is 18.1 Å². The zero-order chi connectivity index (χ0) is 18.3. The van der Waals surface area contributed by atoms with Crippen LogP contribution in [0.4, 0.5) is 11.6 Å². The van der Waals surface area contributed by atoms with E-state index in [-0.39, 0.29) is 5.91 Å². The first-order valence-corrected chi connectivity index (χ1v) is 9.61. The summed E-state index contributed by atoms with van der Waals surface area (Å²) in [4.78, 5) is 22.6. The first-order chi connectivity index (χ1) is 12.6. The van der Waals surface area contributed by atoms with Gasteiger partial charge in [0.1, 0.15) is 9.71 Å². The van der Waals surface area contributed by atoms with Gasteiger partial charge in [0, 0.05) is 23.7 Å². The fourth-order valence-corrected chi connectivity index (χ4v) is 4.09. The summed E-state index contributed by atoms with van der Waals surface area (Å²) in [6.45, 7) is 0. The van der Waals surface area contributed by atoms with E-state index in [9.17, 15) is 4.79 Å². The van der Waals surface area contributed by atoms with Crippen LogP contribution in [0.2, 0.25) is 5.02 Å². The van der Waals surface area contributed by atoms with Gasteiger partial charge in [0.25, 0.3) is 5.91 Å². The van der Waals surface area contributed by atoms with E-state index in [1.165, 1.54) is 17.8 Å². The maximum Gasteiger partial charge on any atom is 0.263 e. The van der Waals surface area contributed by atoms with E-state index in [0.29, 0.717) is 43.5 Å². The molecule has 1 saturated carbocycles. The molecule has 0 spiro atoms. The summed E-state index contributed by atoms with van der Waals surface area (Å²) in [5.74, 6) is 0.345. The topological polar surface area (TPSA) is 92.9 Å². The molecular weight excluding hydrogens is 370 g/mol. The number of carbonyl (C=O) groups excluding carboxylic acids is 1. The summed E-state index contributed by atoms with van der Waals surface area (Å²) < 4.78 is 0. The lowest BCUT2D eigenvalue weighted by molar-refractivity contribution is 0.0968. The van der Waals surface area contributed by atoms with Crippen molar-refractivity contribution in [2.24, 2.45) is 0 Å². The molecule has 4 N–H and O–H groups in total. The Balaban J connectivity index is 1.91. The van der Waals surface area contributed by atoms with Crippen LogP contribution in [0.3, 0.4) is 0 Å². The van der Waals surface area contributed by atoms with Gasteiger partial charge in [0.05, 0.1) is 16.8 Å². The number of nitrogens with zero attached hydrogens (tertiary/aromatic N) is 2. The molecule has 2 heterocycles. The Morgan fingerprint density at radius 2 is 2.00 bits per heavy atom. The van der Waals surface area contributed by atoms with Crippen LogP contribution in [0.15, 0.2) is 24.3 Å². The monoisotopic (exact) mass is 387 g/mol. The third-order valence-corrected chi connectivity index (χ3v) is 5.93. The minimum absolute atomic E-state index is 0.221. The number of benzene rings is 1. The number of amides is 1. The predicted octanol–water partition coefficient (Wildman–Crippen LogP) is 3.92. The normalized spacial score (nSPS) is 14.2. The van der Waals surface area contributed by atoms with Gasteiger partial charge in [-0.2, -0.15) is 0 Å². The van der Waals surface area contributed by atoms with Crippen LogP contribution in [0.25, 0.3) is 21.5 Å². The molecule has 0 aliphatic heterocycles. The molecule has 0 saturated heterocycles. The van der Waals surface area contributed by atoms with E-state index in [1.54, 1.807) is 7.05 Å². The summed E-state index contributed by atoms with van der Waals surface area (Å²) >= 11 is 7.30. The molecule has 1 aliphatic carbocycles. The second kappa shape index (κ2) is 6.74. The van der Waals surface area contributed by atoms with Crippen molar-refractivity contribution in [3.63, 3.8) is 0 Å². The Hall–Kier alpha value is -2.38. The number of hydrogen-bond donors (Lipinski definition) is 3. The molecule has 0 radical (unpaired) electrons. The van der Waals surface area contributed by atoms with Gasteiger partial charge in [-0.1, -0.05) is 23.7 Å². The predicted molar refractivity (Wildman–Crippen MR) is 107 cm³/mol. The number of rotatable bonds is 4. The molecule has 2 aromatic heterocycles. The second-order valence-electron chi connectivity index (χ2n) is 6.28. The van der Waals surface area contributed by atoms with Crippen LogP contribution in [-0.2, 0) is 0 Å². The minimum Gasteiger partial charge on any atom is -0.397 e. The van der Waals surface area contributed by atoms with Gasteiger partial charge < -0.3 is 16.4 Å². The number of nitrogens with two attached hydrogens (primary N) is 1. The van der Waals surface area contributed by atoms with Crippen molar-refractivity contribution in [1.29, 1.82) is 0 Å². The van der Waals surface area contributed by atoms with E-state index in [2.05, 4.69) is 15.6 Å². The first kappa shape index (κ1) is 17.1. The maximum absolute atomic E-state index is 12.2. The highest BCUT2D eigenvalue weighted by Crippen LogP contribution is 2.39. The molecule has 6 nitrogen and oxygen atoms in total. The molecule has 4 rings (SSSR count). The lowest BCUT2D eigenvalue weighted by Gasteiger charge is -2.26. The van der Waals surface area contributed by atoms with E-state index in [0.717, 1.165) is 18.4 Å². The van der Waals surface area contributed by atoms with Gasteiger partial charge in [0.2, 0.25) is 5.95 Å². The summed E-state index contributed by atoms with van der Waals surface area (Å²) in [5.41, 5.74) is 8.29. The SMILES string of the molecule is CNC(=O)c1sc2nc(NC3CCC3)nc(-c3ccc(Cl)cc3)c2c1N. The maximum atomic E-state index is 12.2. The third kappa shape index (κ3) is 2.97. The van der Waals surface area contributed by atoms with Gasteiger partial charge in [-0.05, 0) is 31.4 Å². The third-order valence-electron chi connectivity index (χ3n) is 4.58. The molecule has 0 atom stereocenters. The molecule has 1 fully saturated rings. The van der Waals surface area contributed by atoms with Crippen LogP contribution in [0.5, 0.6) is 0 Å². The lowest BCUT2D eigenvalue weighted by atomic mass is 9.93. The highest BCUT2D eigenvalue weighted by atomic mass is 35.5. The zero-order valence-electron chi connectivity index (χ0n) is 14.2. The minimum atomic E-state index is -0.221. The van der Waals surface area contributed by atoms with Gasteiger partial charge in [0.15, 0.2) is 0 Å². The molecule has 26 heavy (non-hydrogen) atoms. The molecule has 0 bridgehead atoms. The number of nitrogens with one attached hydrogen (secondary N) is 2. The molecule has 0 unspecified atom stereocenters. The van der Waals surface area contributed by atoms with Crippen LogP contribution in [-0.4, -0.2) is 29.0 Å². The number of anilines is 2. The van der Waals surface area contributed by atoms with Gasteiger partial charge >= 0.3 is 0 Å². The highest BCUT2D eigenvalue weighted by molar-refractivity contribution is 7.21. The smallest absolute Gasteiger partial charge is 0.263 e. The van der Waals surface area contributed by atoms with Crippen molar-refractivity contribution in [3.8, 4) is 11.3 Å². The number of carbonyl (C=O) groups is 1. The second-order valence-corrected chi connectivity index (χ2v) is 7.71. The van der Waals surface area contributed by atoms with Crippen molar-refractivity contribution >= 4 is 50.7 Å². The van der Waals surface area contributed by atoms with E-state index >= 15 is 0 Å². The molecule has 1 aromatic carbocycles. The van der Waals surface area contributed by atoms with E-state index in [4.69, 9.17) is 22.3 Å². The standard InChI is InChI=1S/C18H18ClN5OS/c1-21-16(25)15-13(20)12-14(9-5-7-10(19)8-6-9)23-18(24-17(12)26-15)22-11-3-2-4-11/h5-8,11H,2-4,20H2,1H3,(H,21,25)(H,22,23,24). The van der Waals surface area contributed by atoms with Gasteiger partial charge in [-0.3, -0.25) is 4.79 Å². The number of thiophene rings is 1.